The van der Waals surface area contributed by atoms with E-state index in [1.807, 2.05) is 60.7 Å². The van der Waals surface area contributed by atoms with Crippen LogP contribution in [0.2, 0.25) is 0 Å². The largest absolute Gasteiger partial charge is 0.247 e. The Morgan fingerprint density at radius 1 is 0.606 bits per heavy atom. The highest BCUT2D eigenvalue weighted by molar-refractivity contribution is 7.21. The second-order valence-corrected chi connectivity index (χ2v) is 8.78. The molecule has 4 aromatic carbocycles. The molecule has 0 fully saturated rings. The maximum atomic E-state index is 9.75. The summed E-state index contributed by atoms with van der Waals surface area (Å²) in [5, 5.41) is 23.0. The van der Waals surface area contributed by atoms with E-state index in [2.05, 4.69) is 30.3 Å². The summed E-state index contributed by atoms with van der Waals surface area (Å²) in [7, 11) is 0. The van der Waals surface area contributed by atoms with Crippen LogP contribution in [0, 0.1) is 22.7 Å². The van der Waals surface area contributed by atoms with Crippen LogP contribution in [0.15, 0.2) is 84.9 Å². The van der Waals surface area contributed by atoms with E-state index in [4.69, 9.17) is 9.97 Å². The first-order valence-corrected chi connectivity index (χ1v) is 11.2. The lowest BCUT2D eigenvalue weighted by molar-refractivity contribution is 1.41. The highest BCUT2D eigenvalue weighted by atomic mass is 32.1. The quantitative estimate of drug-likeness (QED) is 0.271. The maximum Gasteiger partial charge on any atom is 0.124 e. The molecule has 0 radical (unpaired) electrons. The molecule has 0 amide bonds. The molecule has 2 aromatic heterocycles. The molecule has 6 aromatic rings. The molecule has 0 bridgehead atoms. The van der Waals surface area contributed by atoms with E-state index in [9.17, 15) is 10.5 Å². The number of nitriles is 2. The molecule has 0 aliphatic heterocycles. The van der Waals surface area contributed by atoms with Crippen molar-refractivity contribution in [2.24, 2.45) is 0 Å². The van der Waals surface area contributed by atoms with Gasteiger partial charge in [0.2, 0.25) is 0 Å². The van der Waals surface area contributed by atoms with E-state index < -0.39 is 0 Å². The molecular weight excluding hydrogens is 424 g/mol. The van der Waals surface area contributed by atoms with Crippen LogP contribution < -0.4 is 0 Å². The molecule has 0 atom stereocenters. The van der Waals surface area contributed by atoms with Crippen molar-refractivity contribution in [1.29, 1.82) is 10.5 Å². The van der Waals surface area contributed by atoms with Gasteiger partial charge in [0.25, 0.3) is 0 Å². The van der Waals surface area contributed by atoms with E-state index in [1.165, 1.54) is 11.3 Å². The normalized spacial score (nSPS) is 11.0. The van der Waals surface area contributed by atoms with Crippen molar-refractivity contribution in [1.82, 2.24) is 9.97 Å². The van der Waals surface area contributed by atoms with Gasteiger partial charge in [-0.1, -0.05) is 42.5 Å². The van der Waals surface area contributed by atoms with E-state index in [1.54, 1.807) is 6.07 Å². The predicted octanol–water partition coefficient (Wildman–Crippen LogP) is 7.08. The van der Waals surface area contributed by atoms with Crippen LogP contribution in [0.5, 0.6) is 0 Å². The lowest BCUT2D eigenvalue weighted by Gasteiger charge is -2.11. The van der Waals surface area contributed by atoms with Gasteiger partial charge in [-0.2, -0.15) is 10.5 Å². The van der Waals surface area contributed by atoms with E-state index in [-0.39, 0.29) is 0 Å². The Kier molecular flexibility index (Phi) is 4.36. The number of thiazole rings is 1. The van der Waals surface area contributed by atoms with Gasteiger partial charge in [0.05, 0.1) is 44.7 Å². The van der Waals surface area contributed by atoms with Crippen LogP contribution in [0.4, 0.5) is 0 Å². The minimum Gasteiger partial charge on any atom is -0.247 e. The third-order valence-corrected chi connectivity index (χ3v) is 6.78. The number of para-hydroxylation sites is 1. The SMILES string of the molecule is N#Cc1cc(-c2nc3ccc(C#N)cc3s2)cc(-c2nc3ccccc3c3ccccc23)c1. The Morgan fingerprint density at radius 3 is 2.15 bits per heavy atom. The molecule has 0 aliphatic carbocycles. The van der Waals surface area contributed by atoms with Crippen LogP contribution in [-0.4, -0.2) is 9.97 Å². The summed E-state index contributed by atoms with van der Waals surface area (Å²) in [6.07, 6.45) is 0. The highest BCUT2D eigenvalue weighted by Gasteiger charge is 2.14. The van der Waals surface area contributed by atoms with Crippen LogP contribution in [-0.2, 0) is 0 Å². The average Bonchev–Trinajstić information content (AvgIpc) is 3.31. The molecule has 5 heteroatoms. The molecule has 2 heterocycles. The summed E-state index contributed by atoms with van der Waals surface area (Å²) in [4.78, 5) is 9.75. The fraction of sp³-hybridized carbons (Fsp3) is 0. The van der Waals surface area contributed by atoms with Crippen LogP contribution in [0.25, 0.3) is 53.7 Å². The molecular formula is C28H14N4S. The number of rotatable bonds is 2. The molecule has 0 N–H and O–H groups in total. The number of benzene rings is 4. The van der Waals surface area contributed by atoms with Gasteiger partial charge >= 0.3 is 0 Å². The smallest absolute Gasteiger partial charge is 0.124 e. The summed E-state index contributed by atoms with van der Waals surface area (Å²) in [5.41, 5.74) is 5.50. The Balaban J connectivity index is 1.61. The Labute approximate surface area is 193 Å². The second kappa shape index (κ2) is 7.53. The molecule has 33 heavy (non-hydrogen) atoms. The van der Waals surface area contributed by atoms with Crippen molar-refractivity contribution in [2.75, 3.05) is 0 Å². The van der Waals surface area contributed by atoms with Gasteiger partial charge in [-0.25, -0.2) is 9.97 Å². The van der Waals surface area contributed by atoms with Crippen molar-refractivity contribution in [2.45, 2.75) is 0 Å². The maximum absolute atomic E-state index is 9.75. The van der Waals surface area contributed by atoms with Gasteiger partial charge in [0.15, 0.2) is 0 Å². The van der Waals surface area contributed by atoms with Gasteiger partial charge in [-0.3, -0.25) is 0 Å². The predicted molar refractivity (Wildman–Crippen MR) is 133 cm³/mol. The van der Waals surface area contributed by atoms with Gasteiger partial charge in [0, 0.05) is 21.9 Å². The summed E-state index contributed by atoms with van der Waals surface area (Å²) in [6.45, 7) is 0. The number of hydrogen-bond donors (Lipinski definition) is 0. The zero-order valence-electron chi connectivity index (χ0n) is 17.3. The van der Waals surface area contributed by atoms with Crippen molar-refractivity contribution in [3.63, 3.8) is 0 Å². The topological polar surface area (TPSA) is 73.4 Å². The van der Waals surface area contributed by atoms with Crippen LogP contribution >= 0.6 is 11.3 Å². The van der Waals surface area contributed by atoms with E-state index in [0.717, 1.165) is 53.7 Å². The number of nitrogens with zero attached hydrogens (tertiary/aromatic N) is 4. The van der Waals surface area contributed by atoms with Gasteiger partial charge in [-0.15, -0.1) is 11.3 Å². The summed E-state index contributed by atoms with van der Waals surface area (Å²) < 4.78 is 0.947. The second-order valence-electron chi connectivity index (χ2n) is 7.75. The van der Waals surface area contributed by atoms with Gasteiger partial charge in [0.1, 0.15) is 5.01 Å². The minimum absolute atomic E-state index is 0.554. The highest BCUT2D eigenvalue weighted by Crippen LogP contribution is 2.37. The Morgan fingerprint density at radius 2 is 1.33 bits per heavy atom. The first-order valence-electron chi connectivity index (χ1n) is 10.4. The molecule has 4 nitrogen and oxygen atoms in total. The Hall–Kier alpha value is -4.58. The fourth-order valence-electron chi connectivity index (χ4n) is 4.19. The molecule has 6 rings (SSSR count). The molecule has 0 spiro atoms. The molecule has 152 valence electrons. The molecule has 0 saturated heterocycles. The first-order chi connectivity index (χ1) is 16.2. The third kappa shape index (κ3) is 3.20. The summed E-state index contributed by atoms with van der Waals surface area (Å²) >= 11 is 1.52. The zero-order valence-corrected chi connectivity index (χ0v) is 18.1. The summed E-state index contributed by atoms with van der Waals surface area (Å²) in [5.74, 6) is 0. The fourth-order valence-corrected chi connectivity index (χ4v) is 5.19. The van der Waals surface area contributed by atoms with Crippen molar-refractivity contribution in [3.8, 4) is 34.0 Å². The van der Waals surface area contributed by atoms with Crippen LogP contribution in [0.1, 0.15) is 11.1 Å². The summed E-state index contributed by atoms with van der Waals surface area (Å²) in [6, 6.07) is 32.1. The molecule has 0 unspecified atom stereocenters. The minimum atomic E-state index is 0.554. The van der Waals surface area contributed by atoms with E-state index >= 15 is 0 Å². The lowest BCUT2D eigenvalue weighted by Crippen LogP contribution is -1.91. The Bertz CT molecular complexity index is 1800. The zero-order chi connectivity index (χ0) is 22.4. The number of pyridine rings is 1. The van der Waals surface area contributed by atoms with Crippen LogP contribution in [0.3, 0.4) is 0 Å². The third-order valence-electron chi connectivity index (χ3n) is 5.71. The van der Waals surface area contributed by atoms with Crippen molar-refractivity contribution >= 4 is 43.2 Å². The van der Waals surface area contributed by atoms with Crippen molar-refractivity contribution in [3.05, 3.63) is 96.1 Å². The van der Waals surface area contributed by atoms with Crippen molar-refractivity contribution < 1.29 is 0 Å². The monoisotopic (exact) mass is 438 g/mol. The van der Waals surface area contributed by atoms with Gasteiger partial charge in [-0.05, 0) is 47.9 Å². The first kappa shape index (κ1) is 19.1. The van der Waals surface area contributed by atoms with E-state index in [0.29, 0.717) is 11.1 Å². The lowest BCUT2D eigenvalue weighted by atomic mass is 9.97. The number of fused-ring (bicyclic) bond motifs is 4. The number of hydrogen-bond acceptors (Lipinski definition) is 5. The molecule has 0 saturated carbocycles. The number of aromatic nitrogens is 2. The standard InChI is InChI=1S/C28H14N4S/c29-15-17-9-10-25-26(13-17)33-28(32-25)20-12-18(16-30)11-19(14-20)27-23-7-2-1-5-21(23)22-6-3-4-8-24(22)31-27/h1-14H. The molecule has 0 aliphatic rings. The average molecular weight is 439 g/mol. The van der Waals surface area contributed by atoms with Gasteiger partial charge < -0.3 is 0 Å².